The normalized spacial score (nSPS) is 11.5. The number of ether oxygens (including phenoxy) is 3. The lowest BCUT2D eigenvalue weighted by atomic mass is 10.2. The number of halogens is 1. The molecule has 0 spiro atoms. The van der Waals surface area contributed by atoms with Crippen LogP contribution in [0.1, 0.15) is 0 Å². The second-order valence-electron chi connectivity index (χ2n) is 6.72. The third-order valence-corrected chi connectivity index (χ3v) is 4.69. The number of aliphatic hydroxyl groups is 1. The van der Waals surface area contributed by atoms with Gasteiger partial charge in [-0.2, -0.15) is 0 Å². The zero-order valence-electron chi connectivity index (χ0n) is 17.1. The van der Waals surface area contributed by atoms with Crippen molar-refractivity contribution in [3.8, 4) is 17.2 Å². The molecule has 0 radical (unpaired) electrons. The molecule has 31 heavy (non-hydrogen) atoms. The molecule has 0 saturated heterocycles. The molecule has 0 aliphatic heterocycles. The fraction of sp³-hybridized carbons (Fsp3) is 0.208. The predicted octanol–water partition coefficient (Wildman–Crippen LogP) is 4.20. The molecule has 3 aromatic carbocycles. The van der Waals surface area contributed by atoms with Crippen LogP contribution in [0, 0.1) is 0 Å². The summed E-state index contributed by atoms with van der Waals surface area (Å²) in [5, 5.41) is 11.1. The third-order valence-electron chi connectivity index (χ3n) is 4.44. The van der Waals surface area contributed by atoms with Crippen LogP contribution in [0.25, 0.3) is 0 Å². The first-order chi connectivity index (χ1) is 15.0. The van der Waals surface area contributed by atoms with Crippen molar-refractivity contribution in [2.24, 2.45) is 0 Å². The van der Waals surface area contributed by atoms with E-state index < -0.39 is 6.10 Å². The number of methoxy groups -OCH3 is 1. The van der Waals surface area contributed by atoms with Gasteiger partial charge in [0.2, 0.25) is 0 Å². The van der Waals surface area contributed by atoms with Crippen molar-refractivity contribution in [3.63, 3.8) is 0 Å². The maximum absolute atomic E-state index is 12.9. The number of carbonyl (C=O) groups is 1. The molecule has 7 heteroatoms. The first-order valence-electron chi connectivity index (χ1n) is 9.74. The van der Waals surface area contributed by atoms with Gasteiger partial charge in [-0.15, -0.1) is 0 Å². The van der Waals surface area contributed by atoms with Crippen LogP contribution < -0.4 is 19.1 Å². The van der Waals surface area contributed by atoms with Crippen LogP contribution in [0.2, 0.25) is 5.02 Å². The van der Waals surface area contributed by atoms with Crippen molar-refractivity contribution in [3.05, 3.63) is 83.9 Å². The van der Waals surface area contributed by atoms with E-state index in [1.54, 1.807) is 67.8 Å². The molecule has 0 unspecified atom stereocenters. The highest BCUT2D eigenvalue weighted by Gasteiger charge is 2.21. The summed E-state index contributed by atoms with van der Waals surface area (Å²) in [5.41, 5.74) is 0.619. The van der Waals surface area contributed by atoms with Crippen molar-refractivity contribution in [2.45, 2.75) is 6.10 Å². The van der Waals surface area contributed by atoms with Gasteiger partial charge in [-0.3, -0.25) is 4.79 Å². The molecule has 0 fully saturated rings. The lowest BCUT2D eigenvalue weighted by molar-refractivity contribution is -0.121. The minimum Gasteiger partial charge on any atom is -0.497 e. The molecule has 1 atom stereocenters. The third kappa shape index (κ3) is 6.91. The quantitative estimate of drug-likeness (QED) is 0.510. The highest BCUT2D eigenvalue weighted by atomic mass is 35.5. The van der Waals surface area contributed by atoms with Gasteiger partial charge in [0.25, 0.3) is 5.91 Å². The first kappa shape index (κ1) is 22.5. The Labute approximate surface area is 186 Å². The maximum atomic E-state index is 12.9. The minimum atomic E-state index is -0.918. The Morgan fingerprint density at radius 1 is 0.903 bits per heavy atom. The Balaban J connectivity index is 1.66. The number of nitrogens with zero attached hydrogens (tertiary/aromatic N) is 1. The number of rotatable bonds is 10. The number of benzene rings is 3. The summed E-state index contributed by atoms with van der Waals surface area (Å²) in [6.45, 7) is -0.112. The molecular formula is C24H24ClNO5. The fourth-order valence-electron chi connectivity index (χ4n) is 2.84. The van der Waals surface area contributed by atoms with Gasteiger partial charge in [-0.1, -0.05) is 29.8 Å². The van der Waals surface area contributed by atoms with E-state index in [1.165, 1.54) is 4.90 Å². The summed E-state index contributed by atoms with van der Waals surface area (Å²) >= 11 is 5.87. The minimum absolute atomic E-state index is 0.0150. The number of anilines is 1. The summed E-state index contributed by atoms with van der Waals surface area (Å²) in [4.78, 5) is 14.4. The van der Waals surface area contributed by atoms with E-state index >= 15 is 0 Å². The monoisotopic (exact) mass is 441 g/mol. The first-order valence-corrected chi connectivity index (χ1v) is 10.1. The fourth-order valence-corrected chi connectivity index (χ4v) is 2.97. The topological polar surface area (TPSA) is 68.2 Å². The van der Waals surface area contributed by atoms with E-state index in [-0.39, 0.29) is 25.7 Å². The molecule has 1 N–H and O–H groups in total. The number of amides is 1. The molecule has 6 nitrogen and oxygen atoms in total. The van der Waals surface area contributed by atoms with Crippen molar-refractivity contribution in [1.29, 1.82) is 0 Å². The number of hydrogen-bond donors (Lipinski definition) is 1. The van der Waals surface area contributed by atoms with Gasteiger partial charge in [0.05, 0.1) is 13.7 Å². The van der Waals surface area contributed by atoms with Crippen LogP contribution in [0.3, 0.4) is 0 Å². The number of hydrogen-bond acceptors (Lipinski definition) is 5. The van der Waals surface area contributed by atoms with Crippen molar-refractivity contribution >= 4 is 23.2 Å². The van der Waals surface area contributed by atoms with Crippen LogP contribution in [-0.4, -0.2) is 44.0 Å². The molecule has 0 aliphatic carbocycles. The van der Waals surface area contributed by atoms with Gasteiger partial charge in [-0.25, -0.2) is 0 Å². The van der Waals surface area contributed by atoms with Gasteiger partial charge in [0.1, 0.15) is 30.0 Å². The summed E-state index contributed by atoms with van der Waals surface area (Å²) in [7, 11) is 1.57. The second-order valence-corrected chi connectivity index (χ2v) is 7.16. The summed E-state index contributed by atoms with van der Waals surface area (Å²) in [6, 6.07) is 23.0. The number of carbonyl (C=O) groups excluding carboxylic acids is 1. The highest BCUT2D eigenvalue weighted by Crippen LogP contribution is 2.21. The Morgan fingerprint density at radius 2 is 1.52 bits per heavy atom. The van der Waals surface area contributed by atoms with E-state index in [0.717, 1.165) is 0 Å². The highest BCUT2D eigenvalue weighted by molar-refractivity contribution is 6.30. The van der Waals surface area contributed by atoms with Gasteiger partial charge in [0.15, 0.2) is 6.61 Å². The van der Waals surface area contributed by atoms with Gasteiger partial charge >= 0.3 is 0 Å². The van der Waals surface area contributed by atoms with E-state index in [1.807, 2.05) is 18.2 Å². The average Bonchev–Trinajstić information content (AvgIpc) is 2.81. The van der Waals surface area contributed by atoms with Crippen LogP contribution >= 0.6 is 11.6 Å². The lowest BCUT2D eigenvalue weighted by Crippen LogP contribution is -2.42. The summed E-state index contributed by atoms with van der Waals surface area (Å²) in [6.07, 6.45) is -0.918. The standard InChI is InChI=1S/C24H24ClNO5/c1-29-21-13-9-19(10-14-21)26(24(28)17-31-22-5-3-2-4-6-22)15-20(27)16-30-23-11-7-18(25)8-12-23/h2-14,20,27H,15-17H2,1H3/t20-/m1/s1. The van der Waals surface area contributed by atoms with E-state index in [2.05, 4.69) is 0 Å². The average molecular weight is 442 g/mol. The van der Waals surface area contributed by atoms with Crippen molar-refractivity contribution in [1.82, 2.24) is 0 Å². The summed E-state index contributed by atoms with van der Waals surface area (Å²) < 4.78 is 16.4. The predicted molar refractivity (Wildman–Crippen MR) is 120 cm³/mol. The molecule has 0 aromatic heterocycles. The maximum Gasteiger partial charge on any atom is 0.264 e. The molecule has 0 bridgehead atoms. The van der Waals surface area contributed by atoms with E-state index in [0.29, 0.717) is 28.0 Å². The van der Waals surface area contributed by atoms with Crippen LogP contribution in [-0.2, 0) is 4.79 Å². The largest absolute Gasteiger partial charge is 0.497 e. The van der Waals surface area contributed by atoms with Gasteiger partial charge in [0, 0.05) is 10.7 Å². The van der Waals surface area contributed by atoms with Gasteiger partial charge < -0.3 is 24.2 Å². The molecule has 3 aromatic rings. The Bertz CT molecular complexity index is 948. The molecule has 3 rings (SSSR count). The van der Waals surface area contributed by atoms with E-state index in [9.17, 15) is 9.90 Å². The number of para-hydroxylation sites is 1. The van der Waals surface area contributed by atoms with Gasteiger partial charge in [-0.05, 0) is 60.7 Å². The zero-order valence-corrected chi connectivity index (χ0v) is 17.9. The Morgan fingerprint density at radius 3 is 2.16 bits per heavy atom. The molecule has 0 aliphatic rings. The Kier molecular flexibility index (Phi) is 8.15. The van der Waals surface area contributed by atoms with Crippen LogP contribution in [0.5, 0.6) is 17.2 Å². The second kappa shape index (κ2) is 11.2. The smallest absolute Gasteiger partial charge is 0.264 e. The molecule has 0 heterocycles. The molecule has 1 amide bonds. The SMILES string of the molecule is COc1ccc(N(C[C@@H](O)COc2ccc(Cl)cc2)C(=O)COc2ccccc2)cc1. The molecule has 162 valence electrons. The van der Waals surface area contributed by atoms with Crippen LogP contribution in [0.4, 0.5) is 5.69 Å². The van der Waals surface area contributed by atoms with E-state index in [4.69, 9.17) is 25.8 Å². The number of aliphatic hydroxyl groups excluding tert-OH is 1. The molecule has 0 saturated carbocycles. The molecular weight excluding hydrogens is 418 g/mol. The van der Waals surface area contributed by atoms with Crippen molar-refractivity contribution < 1.29 is 24.1 Å². The van der Waals surface area contributed by atoms with Crippen LogP contribution in [0.15, 0.2) is 78.9 Å². The Hall–Kier alpha value is -3.22. The lowest BCUT2D eigenvalue weighted by Gasteiger charge is -2.26. The van der Waals surface area contributed by atoms with Crippen molar-refractivity contribution in [2.75, 3.05) is 31.8 Å². The zero-order chi connectivity index (χ0) is 22.1. The summed E-state index contributed by atoms with van der Waals surface area (Å²) in [5.74, 6) is 1.55.